The van der Waals surface area contributed by atoms with Crippen LogP contribution in [0.1, 0.15) is 25.7 Å². The molecule has 3 rings (SSSR count). The Morgan fingerprint density at radius 2 is 1.67 bits per heavy atom. The molecule has 2 heteroatoms. The van der Waals surface area contributed by atoms with Gasteiger partial charge in [0, 0.05) is 18.6 Å². The molecule has 1 aromatic carbocycles. The van der Waals surface area contributed by atoms with Crippen LogP contribution in [0.2, 0.25) is 0 Å². The molecule has 2 atom stereocenters. The summed E-state index contributed by atoms with van der Waals surface area (Å²) in [7, 11) is 0. The molecule has 0 saturated carbocycles. The minimum absolute atomic E-state index is 0.450. The normalized spacial score (nSPS) is 32.1. The maximum absolute atomic E-state index is 5.78. The first-order chi connectivity index (χ1) is 7.40. The topological polar surface area (TPSA) is 21.6 Å². The van der Waals surface area contributed by atoms with Crippen LogP contribution in [-0.4, -0.2) is 17.9 Å². The molecule has 2 aliphatic heterocycles. The van der Waals surface area contributed by atoms with Gasteiger partial charge in [0.05, 0.1) is 17.9 Å². The Kier molecular flexibility index (Phi) is 2.29. The Morgan fingerprint density at radius 1 is 1.00 bits per heavy atom. The number of nitrogens with zero attached hydrogens (tertiary/aromatic N) is 1. The summed E-state index contributed by atoms with van der Waals surface area (Å²) in [6, 6.07) is 10.2. The molecule has 15 heavy (non-hydrogen) atoms. The third-order valence-corrected chi connectivity index (χ3v) is 3.17. The first-order valence-electron chi connectivity index (χ1n) is 5.67. The van der Waals surface area contributed by atoms with Crippen molar-refractivity contribution in [2.45, 2.75) is 37.9 Å². The van der Waals surface area contributed by atoms with Crippen LogP contribution >= 0.6 is 0 Å². The van der Waals surface area contributed by atoms with E-state index in [-0.39, 0.29) is 0 Å². The number of aliphatic imine (C=N–C) groups is 1. The summed E-state index contributed by atoms with van der Waals surface area (Å²) >= 11 is 0. The number of hydrogen-bond donors (Lipinski definition) is 0. The molecule has 0 aromatic heterocycles. The molecule has 2 nitrogen and oxygen atoms in total. The highest BCUT2D eigenvalue weighted by molar-refractivity contribution is 5.88. The molecule has 2 bridgehead atoms. The van der Waals surface area contributed by atoms with Crippen molar-refractivity contribution in [2.24, 2.45) is 4.99 Å². The van der Waals surface area contributed by atoms with Gasteiger partial charge in [-0.05, 0) is 25.0 Å². The Morgan fingerprint density at radius 3 is 2.33 bits per heavy atom. The minimum atomic E-state index is 0.450. The summed E-state index contributed by atoms with van der Waals surface area (Å²) in [6.07, 6.45) is 5.41. The van der Waals surface area contributed by atoms with Gasteiger partial charge in [-0.2, -0.15) is 0 Å². The minimum Gasteiger partial charge on any atom is -0.374 e. The summed E-state index contributed by atoms with van der Waals surface area (Å²) in [5.41, 5.74) is 2.40. The number of benzene rings is 1. The molecule has 0 radical (unpaired) electrons. The van der Waals surface area contributed by atoms with Crippen molar-refractivity contribution < 1.29 is 4.74 Å². The molecular weight excluding hydrogens is 186 g/mol. The van der Waals surface area contributed by atoms with E-state index >= 15 is 0 Å². The van der Waals surface area contributed by atoms with E-state index in [0.717, 1.165) is 18.5 Å². The fourth-order valence-electron chi connectivity index (χ4n) is 2.47. The highest BCUT2D eigenvalue weighted by Crippen LogP contribution is 2.31. The largest absolute Gasteiger partial charge is 0.374 e. The quantitative estimate of drug-likeness (QED) is 0.684. The van der Waals surface area contributed by atoms with E-state index in [1.165, 1.54) is 18.6 Å². The van der Waals surface area contributed by atoms with Gasteiger partial charge < -0.3 is 4.74 Å². The zero-order valence-corrected chi connectivity index (χ0v) is 8.73. The molecule has 78 valence electrons. The van der Waals surface area contributed by atoms with E-state index in [1.807, 2.05) is 18.2 Å². The van der Waals surface area contributed by atoms with E-state index in [2.05, 4.69) is 12.1 Å². The van der Waals surface area contributed by atoms with Crippen LogP contribution in [0.25, 0.3) is 0 Å². The summed E-state index contributed by atoms with van der Waals surface area (Å²) < 4.78 is 5.78. The molecule has 0 unspecified atom stereocenters. The second-order valence-corrected chi connectivity index (χ2v) is 4.38. The summed E-state index contributed by atoms with van der Waals surface area (Å²) in [5, 5.41) is 0. The smallest absolute Gasteiger partial charge is 0.0632 e. The SMILES string of the molecule is c1ccc(N=C2C[C@H]3CC[C@@H](C2)O3)cc1. The van der Waals surface area contributed by atoms with E-state index in [1.54, 1.807) is 0 Å². The van der Waals surface area contributed by atoms with E-state index in [4.69, 9.17) is 9.73 Å². The average molecular weight is 201 g/mol. The fraction of sp³-hybridized carbons (Fsp3) is 0.462. The zero-order valence-electron chi connectivity index (χ0n) is 8.73. The predicted molar refractivity (Wildman–Crippen MR) is 60.7 cm³/mol. The molecule has 0 aliphatic carbocycles. The van der Waals surface area contributed by atoms with Crippen molar-refractivity contribution in [3.05, 3.63) is 30.3 Å². The Balaban J connectivity index is 1.80. The van der Waals surface area contributed by atoms with Crippen LogP contribution < -0.4 is 0 Å². The lowest BCUT2D eigenvalue weighted by Gasteiger charge is -2.21. The lowest BCUT2D eigenvalue weighted by molar-refractivity contribution is 0.0404. The molecule has 2 aliphatic rings. The van der Waals surface area contributed by atoms with E-state index < -0.39 is 0 Å². The van der Waals surface area contributed by atoms with Gasteiger partial charge in [0.1, 0.15) is 0 Å². The van der Waals surface area contributed by atoms with Crippen LogP contribution in [0.15, 0.2) is 35.3 Å². The van der Waals surface area contributed by atoms with Crippen LogP contribution in [0.5, 0.6) is 0 Å². The molecule has 0 N–H and O–H groups in total. The van der Waals surface area contributed by atoms with E-state index in [9.17, 15) is 0 Å². The molecule has 2 saturated heterocycles. The fourth-order valence-corrected chi connectivity index (χ4v) is 2.47. The van der Waals surface area contributed by atoms with Gasteiger partial charge in [0.25, 0.3) is 0 Å². The van der Waals surface area contributed by atoms with Gasteiger partial charge >= 0.3 is 0 Å². The summed E-state index contributed by atoms with van der Waals surface area (Å²) in [5.74, 6) is 0. The third kappa shape index (κ3) is 1.95. The second-order valence-electron chi connectivity index (χ2n) is 4.38. The van der Waals surface area contributed by atoms with E-state index in [0.29, 0.717) is 12.2 Å². The first-order valence-corrected chi connectivity index (χ1v) is 5.67. The summed E-state index contributed by atoms with van der Waals surface area (Å²) in [6.45, 7) is 0. The standard InChI is InChI=1S/C13H15NO/c1-2-4-10(5-3-1)14-11-8-12-6-7-13(9-11)15-12/h1-5,12-13H,6-9H2/t12-,13+. The van der Waals surface area contributed by atoms with Crippen molar-refractivity contribution in [1.82, 2.24) is 0 Å². The number of rotatable bonds is 1. The average Bonchev–Trinajstić information content (AvgIpc) is 2.60. The predicted octanol–water partition coefficient (Wildman–Crippen LogP) is 3.10. The third-order valence-electron chi connectivity index (χ3n) is 3.17. The lowest BCUT2D eigenvalue weighted by atomic mass is 10.1. The van der Waals surface area contributed by atoms with Gasteiger partial charge in [-0.3, -0.25) is 4.99 Å². The Hall–Kier alpha value is -1.15. The van der Waals surface area contributed by atoms with Crippen molar-refractivity contribution >= 4 is 11.4 Å². The van der Waals surface area contributed by atoms with Gasteiger partial charge in [0.2, 0.25) is 0 Å². The van der Waals surface area contributed by atoms with Crippen molar-refractivity contribution in [1.29, 1.82) is 0 Å². The zero-order chi connectivity index (χ0) is 10.1. The molecule has 1 aromatic rings. The van der Waals surface area contributed by atoms with Crippen LogP contribution in [-0.2, 0) is 4.74 Å². The maximum Gasteiger partial charge on any atom is 0.0632 e. The van der Waals surface area contributed by atoms with Crippen molar-refractivity contribution in [3.63, 3.8) is 0 Å². The number of fused-ring (bicyclic) bond motifs is 2. The van der Waals surface area contributed by atoms with Crippen molar-refractivity contribution in [3.8, 4) is 0 Å². The highest BCUT2D eigenvalue weighted by atomic mass is 16.5. The van der Waals surface area contributed by atoms with Gasteiger partial charge in [-0.15, -0.1) is 0 Å². The van der Waals surface area contributed by atoms with Crippen molar-refractivity contribution in [2.75, 3.05) is 0 Å². The second kappa shape index (κ2) is 3.78. The summed E-state index contributed by atoms with van der Waals surface area (Å²) in [4.78, 5) is 4.70. The number of para-hydroxylation sites is 1. The van der Waals surface area contributed by atoms with Crippen LogP contribution in [0.4, 0.5) is 5.69 Å². The highest BCUT2D eigenvalue weighted by Gasteiger charge is 2.32. The number of hydrogen-bond acceptors (Lipinski definition) is 2. The monoisotopic (exact) mass is 201 g/mol. The number of ether oxygens (including phenoxy) is 1. The Bertz CT molecular complexity index is 357. The molecule has 2 fully saturated rings. The maximum atomic E-state index is 5.78. The Labute approximate surface area is 90.0 Å². The van der Waals surface area contributed by atoms with Gasteiger partial charge in [-0.1, -0.05) is 18.2 Å². The van der Waals surface area contributed by atoms with Gasteiger partial charge in [0.15, 0.2) is 0 Å². The molecule has 0 amide bonds. The molecule has 0 spiro atoms. The molecular formula is C13H15NO. The van der Waals surface area contributed by atoms with Crippen LogP contribution in [0, 0.1) is 0 Å². The first kappa shape index (κ1) is 9.10. The van der Waals surface area contributed by atoms with Crippen LogP contribution in [0.3, 0.4) is 0 Å². The lowest BCUT2D eigenvalue weighted by Crippen LogP contribution is -2.24. The molecule has 2 heterocycles. The van der Waals surface area contributed by atoms with Gasteiger partial charge in [-0.25, -0.2) is 0 Å².